The van der Waals surface area contributed by atoms with Crippen LogP contribution in [0.3, 0.4) is 0 Å². The molecule has 78 valence electrons. The maximum absolute atomic E-state index is 3.42. The highest BCUT2D eigenvalue weighted by Gasteiger charge is 2.09. The third-order valence-electron chi connectivity index (χ3n) is 2.87. The van der Waals surface area contributed by atoms with Crippen molar-refractivity contribution in [3.05, 3.63) is 24.0 Å². The van der Waals surface area contributed by atoms with Gasteiger partial charge in [-0.15, -0.1) is 0 Å². The molecule has 3 nitrogen and oxygen atoms in total. The molecule has 1 saturated heterocycles. The number of rotatable bonds is 2. The van der Waals surface area contributed by atoms with Crippen molar-refractivity contribution in [2.24, 2.45) is 7.05 Å². The zero-order valence-corrected chi connectivity index (χ0v) is 8.87. The molecule has 0 spiro atoms. The van der Waals surface area contributed by atoms with Gasteiger partial charge < -0.3 is 9.88 Å². The van der Waals surface area contributed by atoms with Gasteiger partial charge in [0.05, 0.1) is 0 Å². The van der Waals surface area contributed by atoms with Crippen molar-refractivity contribution in [1.29, 1.82) is 0 Å². The molecule has 1 fully saturated rings. The van der Waals surface area contributed by atoms with Gasteiger partial charge in [-0.1, -0.05) is 0 Å². The molecule has 14 heavy (non-hydrogen) atoms. The van der Waals surface area contributed by atoms with E-state index >= 15 is 0 Å². The molecule has 1 aliphatic rings. The third-order valence-corrected chi connectivity index (χ3v) is 2.87. The van der Waals surface area contributed by atoms with Gasteiger partial charge in [0.1, 0.15) is 0 Å². The molecule has 0 atom stereocenters. The highest BCUT2D eigenvalue weighted by molar-refractivity contribution is 5.06. The Labute approximate surface area is 85.7 Å². The average molecular weight is 193 g/mol. The van der Waals surface area contributed by atoms with Gasteiger partial charge in [0.15, 0.2) is 0 Å². The number of hydrogen-bond acceptors (Lipinski definition) is 2. The van der Waals surface area contributed by atoms with Crippen LogP contribution < -0.4 is 5.32 Å². The number of aryl methyl sites for hydroxylation is 1. The van der Waals surface area contributed by atoms with E-state index in [1.54, 1.807) is 0 Å². The molecule has 0 amide bonds. The van der Waals surface area contributed by atoms with Crippen LogP contribution in [0.5, 0.6) is 0 Å². The molecule has 1 aromatic heterocycles. The van der Waals surface area contributed by atoms with Crippen molar-refractivity contribution >= 4 is 0 Å². The lowest BCUT2D eigenvalue weighted by Crippen LogP contribution is -2.28. The lowest BCUT2D eigenvalue weighted by molar-refractivity contribution is 0.278. The third kappa shape index (κ3) is 2.36. The van der Waals surface area contributed by atoms with Crippen LogP contribution in [0.2, 0.25) is 0 Å². The molecular formula is C11H19N3. The van der Waals surface area contributed by atoms with E-state index in [4.69, 9.17) is 0 Å². The zero-order chi connectivity index (χ0) is 9.80. The predicted molar refractivity (Wildman–Crippen MR) is 58.2 cm³/mol. The van der Waals surface area contributed by atoms with E-state index in [-0.39, 0.29) is 0 Å². The Morgan fingerprint density at radius 3 is 3.07 bits per heavy atom. The van der Waals surface area contributed by atoms with E-state index in [1.807, 2.05) is 0 Å². The summed E-state index contributed by atoms with van der Waals surface area (Å²) in [6.07, 6.45) is 3.38. The Morgan fingerprint density at radius 2 is 2.29 bits per heavy atom. The molecule has 2 rings (SSSR count). The first-order valence-corrected chi connectivity index (χ1v) is 5.39. The van der Waals surface area contributed by atoms with Crippen molar-refractivity contribution in [3.63, 3.8) is 0 Å². The summed E-state index contributed by atoms with van der Waals surface area (Å²) in [6, 6.07) is 4.32. The number of hydrogen-bond donors (Lipinski definition) is 1. The maximum atomic E-state index is 3.42. The van der Waals surface area contributed by atoms with Gasteiger partial charge >= 0.3 is 0 Å². The highest BCUT2D eigenvalue weighted by Crippen LogP contribution is 2.06. The zero-order valence-electron chi connectivity index (χ0n) is 8.87. The average Bonchev–Trinajstić information content (AvgIpc) is 2.44. The summed E-state index contributed by atoms with van der Waals surface area (Å²) in [6.45, 7) is 5.78. The topological polar surface area (TPSA) is 20.2 Å². The van der Waals surface area contributed by atoms with Crippen LogP contribution in [0.25, 0.3) is 0 Å². The van der Waals surface area contributed by atoms with E-state index in [1.165, 1.54) is 31.7 Å². The molecule has 1 aromatic rings. The van der Waals surface area contributed by atoms with Gasteiger partial charge in [0.25, 0.3) is 0 Å². The minimum Gasteiger partial charge on any atom is -0.353 e. The van der Waals surface area contributed by atoms with Crippen LogP contribution in [0.4, 0.5) is 0 Å². The molecule has 1 N–H and O–H groups in total. The molecule has 1 aliphatic heterocycles. The van der Waals surface area contributed by atoms with Gasteiger partial charge in [-0.3, -0.25) is 4.90 Å². The van der Waals surface area contributed by atoms with Crippen molar-refractivity contribution in [1.82, 2.24) is 14.8 Å². The number of aromatic nitrogens is 1. The minimum absolute atomic E-state index is 1.09. The number of nitrogens with one attached hydrogen (secondary N) is 1. The second kappa shape index (κ2) is 4.62. The molecule has 2 heterocycles. The quantitative estimate of drug-likeness (QED) is 0.750. The summed E-state index contributed by atoms with van der Waals surface area (Å²) in [5.41, 5.74) is 1.41. The van der Waals surface area contributed by atoms with Crippen LogP contribution in [-0.4, -0.2) is 35.6 Å². The smallest absolute Gasteiger partial charge is 0.0387 e. The standard InChI is InChI=1S/C11H19N3/c1-13-7-2-4-11(13)10-14-8-3-5-12-6-9-14/h2,4,7,12H,3,5-6,8-10H2,1H3. The second-order valence-corrected chi connectivity index (χ2v) is 3.99. The summed E-state index contributed by atoms with van der Waals surface area (Å²) in [5, 5.41) is 3.42. The Bertz CT molecular complexity index is 272. The monoisotopic (exact) mass is 193 g/mol. The Balaban J connectivity index is 1.92. The van der Waals surface area contributed by atoms with Gasteiger partial charge in [-0.25, -0.2) is 0 Å². The summed E-state index contributed by atoms with van der Waals surface area (Å²) in [7, 11) is 2.12. The molecule has 0 unspecified atom stereocenters. The Morgan fingerprint density at radius 1 is 1.36 bits per heavy atom. The molecule has 0 radical (unpaired) electrons. The van der Waals surface area contributed by atoms with Crippen LogP contribution in [-0.2, 0) is 13.6 Å². The van der Waals surface area contributed by atoms with Gasteiger partial charge in [-0.05, 0) is 31.6 Å². The van der Waals surface area contributed by atoms with Gasteiger partial charge in [-0.2, -0.15) is 0 Å². The van der Waals surface area contributed by atoms with E-state index < -0.39 is 0 Å². The van der Waals surface area contributed by atoms with Crippen LogP contribution in [0.15, 0.2) is 18.3 Å². The predicted octanol–water partition coefficient (Wildman–Crippen LogP) is 0.820. The molecule has 0 bridgehead atoms. The molecule has 0 saturated carbocycles. The minimum atomic E-state index is 1.09. The van der Waals surface area contributed by atoms with Crippen molar-refractivity contribution in [2.75, 3.05) is 26.2 Å². The van der Waals surface area contributed by atoms with Gasteiger partial charge in [0.2, 0.25) is 0 Å². The van der Waals surface area contributed by atoms with Crippen LogP contribution in [0.1, 0.15) is 12.1 Å². The first-order valence-electron chi connectivity index (χ1n) is 5.39. The van der Waals surface area contributed by atoms with Crippen molar-refractivity contribution in [2.45, 2.75) is 13.0 Å². The summed E-state index contributed by atoms with van der Waals surface area (Å²) >= 11 is 0. The summed E-state index contributed by atoms with van der Waals surface area (Å²) in [5.74, 6) is 0. The first kappa shape index (κ1) is 9.74. The molecule has 0 aliphatic carbocycles. The fraction of sp³-hybridized carbons (Fsp3) is 0.636. The Hall–Kier alpha value is -0.800. The lowest BCUT2D eigenvalue weighted by atomic mass is 10.3. The van der Waals surface area contributed by atoms with E-state index in [2.05, 4.69) is 40.2 Å². The lowest BCUT2D eigenvalue weighted by Gasteiger charge is -2.19. The fourth-order valence-electron chi connectivity index (χ4n) is 1.95. The van der Waals surface area contributed by atoms with Gasteiger partial charge in [0, 0.05) is 38.6 Å². The van der Waals surface area contributed by atoms with E-state index in [0.717, 1.165) is 13.1 Å². The van der Waals surface area contributed by atoms with Crippen LogP contribution >= 0.6 is 0 Å². The van der Waals surface area contributed by atoms with Crippen LogP contribution in [0, 0.1) is 0 Å². The second-order valence-electron chi connectivity index (χ2n) is 3.99. The largest absolute Gasteiger partial charge is 0.353 e. The molecular weight excluding hydrogens is 174 g/mol. The molecule has 0 aromatic carbocycles. The normalized spacial score (nSPS) is 19.5. The highest BCUT2D eigenvalue weighted by atomic mass is 15.2. The molecule has 3 heteroatoms. The number of nitrogens with zero attached hydrogens (tertiary/aromatic N) is 2. The van der Waals surface area contributed by atoms with E-state index in [9.17, 15) is 0 Å². The van der Waals surface area contributed by atoms with E-state index in [0.29, 0.717) is 0 Å². The van der Waals surface area contributed by atoms with Crippen molar-refractivity contribution < 1.29 is 0 Å². The summed E-state index contributed by atoms with van der Waals surface area (Å²) < 4.78 is 2.21. The van der Waals surface area contributed by atoms with Crippen molar-refractivity contribution in [3.8, 4) is 0 Å². The SMILES string of the molecule is Cn1cccc1CN1CCCNCC1. The Kier molecular flexibility index (Phi) is 3.22. The summed E-state index contributed by atoms with van der Waals surface area (Å²) in [4.78, 5) is 2.52. The first-order chi connectivity index (χ1) is 6.86. The fourth-order valence-corrected chi connectivity index (χ4v) is 1.95. The maximum Gasteiger partial charge on any atom is 0.0387 e.